The van der Waals surface area contributed by atoms with Crippen molar-refractivity contribution in [2.24, 2.45) is 5.41 Å². The van der Waals surface area contributed by atoms with Crippen LogP contribution >= 0.6 is 0 Å². The van der Waals surface area contributed by atoms with E-state index in [4.69, 9.17) is 9.47 Å². The SMILES string of the molecule is COc1ccc(S(=O)(=O)Nc2ccc3c(c2)N(C)C(=O)C(C)(C)CO3)cc1F. The van der Waals surface area contributed by atoms with Crippen LogP contribution in [-0.2, 0) is 14.8 Å². The summed E-state index contributed by atoms with van der Waals surface area (Å²) >= 11 is 0. The molecule has 1 aliphatic rings. The van der Waals surface area contributed by atoms with E-state index in [0.29, 0.717) is 11.4 Å². The van der Waals surface area contributed by atoms with E-state index in [9.17, 15) is 17.6 Å². The lowest BCUT2D eigenvalue weighted by atomic mass is 9.93. The molecule has 0 saturated carbocycles. The normalized spacial score (nSPS) is 16.0. The molecule has 7 nitrogen and oxygen atoms in total. The number of sulfonamides is 1. The first-order chi connectivity index (χ1) is 13.0. The Bertz CT molecular complexity index is 1040. The topological polar surface area (TPSA) is 84.9 Å². The number of nitrogens with zero attached hydrogens (tertiary/aromatic N) is 1. The lowest BCUT2D eigenvalue weighted by Gasteiger charge is -2.24. The summed E-state index contributed by atoms with van der Waals surface area (Å²) < 4.78 is 52.0. The molecular formula is C19H21FN2O5S. The second-order valence-electron chi connectivity index (χ2n) is 7.12. The number of ether oxygens (including phenoxy) is 2. The number of carbonyl (C=O) groups is 1. The summed E-state index contributed by atoms with van der Waals surface area (Å²) in [6.07, 6.45) is 0. The van der Waals surface area contributed by atoms with Gasteiger partial charge in [-0.15, -0.1) is 0 Å². The van der Waals surface area contributed by atoms with Crippen LogP contribution in [0.3, 0.4) is 0 Å². The predicted molar refractivity (Wildman–Crippen MR) is 103 cm³/mol. The monoisotopic (exact) mass is 408 g/mol. The summed E-state index contributed by atoms with van der Waals surface area (Å²) in [5.74, 6) is -0.513. The molecule has 0 bridgehead atoms. The smallest absolute Gasteiger partial charge is 0.262 e. The molecule has 2 aromatic carbocycles. The van der Waals surface area contributed by atoms with E-state index in [2.05, 4.69) is 4.72 Å². The van der Waals surface area contributed by atoms with E-state index in [0.717, 1.165) is 6.07 Å². The van der Waals surface area contributed by atoms with E-state index in [-0.39, 0.29) is 28.8 Å². The first kappa shape index (κ1) is 19.9. The number of anilines is 2. The Morgan fingerprint density at radius 3 is 2.57 bits per heavy atom. The van der Waals surface area contributed by atoms with Crippen LogP contribution < -0.4 is 19.1 Å². The fourth-order valence-corrected chi connectivity index (χ4v) is 3.94. The minimum absolute atomic E-state index is 0.0520. The summed E-state index contributed by atoms with van der Waals surface area (Å²) in [4.78, 5) is 13.8. The molecule has 2 aromatic rings. The highest BCUT2D eigenvalue weighted by Gasteiger charge is 2.36. The van der Waals surface area contributed by atoms with Crippen molar-refractivity contribution in [2.75, 3.05) is 30.4 Å². The molecule has 0 aliphatic carbocycles. The minimum Gasteiger partial charge on any atom is -0.494 e. The number of halogens is 1. The van der Waals surface area contributed by atoms with Crippen molar-refractivity contribution < 1.29 is 27.1 Å². The largest absolute Gasteiger partial charge is 0.494 e. The zero-order chi connectivity index (χ0) is 20.7. The zero-order valence-corrected chi connectivity index (χ0v) is 16.8. The van der Waals surface area contributed by atoms with Gasteiger partial charge in [-0.1, -0.05) is 0 Å². The Hall–Kier alpha value is -2.81. The van der Waals surface area contributed by atoms with Gasteiger partial charge in [0.1, 0.15) is 12.4 Å². The Balaban J connectivity index is 1.93. The number of carbonyl (C=O) groups excluding carboxylic acids is 1. The van der Waals surface area contributed by atoms with E-state index in [1.807, 2.05) is 0 Å². The zero-order valence-electron chi connectivity index (χ0n) is 15.9. The van der Waals surface area contributed by atoms with Crippen molar-refractivity contribution in [1.82, 2.24) is 0 Å². The molecule has 3 rings (SSSR count). The molecule has 9 heteroatoms. The van der Waals surface area contributed by atoms with Crippen molar-refractivity contribution >= 4 is 27.3 Å². The van der Waals surface area contributed by atoms with Crippen LogP contribution in [0.1, 0.15) is 13.8 Å². The first-order valence-electron chi connectivity index (χ1n) is 8.46. The van der Waals surface area contributed by atoms with Crippen molar-refractivity contribution in [2.45, 2.75) is 18.7 Å². The van der Waals surface area contributed by atoms with Crippen molar-refractivity contribution in [3.8, 4) is 11.5 Å². The molecule has 0 unspecified atom stereocenters. The van der Waals surface area contributed by atoms with Gasteiger partial charge in [-0.25, -0.2) is 12.8 Å². The molecule has 150 valence electrons. The third-order valence-corrected chi connectivity index (χ3v) is 5.86. The molecule has 28 heavy (non-hydrogen) atoms. The number of hydrogen-bond acceptors (Lipinski definition) is 5. The predicted octanol–water partition coefficient (Wildman–Crippen LogP) is 3.02. The highest BCUT2D eigenvalue weighted by Crippen LogP contribution is 2.37. The maximum absolute atomic E-state index is 13.9. The lowest BCUT2D eigenvalue weighted by molar-refractivity contribution is -0.127. The second kappa shape index (κ2) is 6.97. The highest BCUT2D eigenvalue weighted by molar-refractivity contribution is 7.92. The highest BCUT2D eigenvalue weighted by atomic mass is 32.2. The van der Waals surface area contributed by atoms with Crippen LogP contribution in [0.15, 0.2) is 41.3 Å². The molecule has 1 heterocycles. The van der Waals surface area contributed by atoms with Crippen molar-refractivity contribution in [3.05, 3.63) is 42.2 Å². The third kappa shape index (κ3) is 3.62. The van der Waals surface area contributed by atoms with Gasteiger partial charge in [-0.2, -0.15) is 0 Å². The summed E-state index contributed by atoms with van der Waals surface area (Å²) in [6.45, 7) is 3.76. The van der Waals surface area contributed by atoms with E-state index in [1.165, 1.54) is 36.3 Å². The van der Waals surface area contributed by atoms with Gasteiger partial charge < -0.3 is 14.4 Å². The first-order valence-corrected chi connectivity index (χ1v) is 9.95. The minimum atomic E-state index is -4.04. The van der Waals surface area contributed by atoms with Crippen LogP contribution in [-0.4, -0.2) is 35.1 Å². The van der Waals surface area contributed by atoms with Crippen LogP contribution in [0.5, 0.6) is 11.5 Å². The van der Waals surface area contributed by atoms with Gasteiger partial charge in [-0.05, 0) is 50.2 Å². The summed E-state index contributed by atoms with van der Waals surface area (Å²) in [5.41, 5.74) is -0.0525. The fourth-order valence-electron chi connectivity index (χ4n) is 2.88. The molecule has 0 saturated heterocycles. The van der Waals surface area contributed by atoms with Gasteiger partial charge in [0.25, 0.3) is 10.0 Å². The van der Waals surface area contributed by atoms with Crippen LogP contribution in [0.2, 0.25) is 0 Å². The maximum Gasteiger partial charge on any atom is 0.262 e. The van der Waals surface area contributed by atoms with E-state index < -0.39 is 21.3 Å². The molecule has 0 radical (unpaired) electrons. The number of methoxy groups -OCH3 is 1. The summed E-state index contributed by atoms with van der Waals surface area (Å²) in [6, 6.07) is 7.98. The van der Waals surface area contributed by atoms with Gasteiger partial charge in [-0.3, -0.25) is 9.52 Å². The van der Waals surface area contributed by atoms with Gasteiger partial charge in [0.2, 0.25) is 5.91 Å². The molecule has 1 N–H and O–H groups in total. The van der Waals surface area contributed by atoms with Crippen molar-refractivity contribution in [3.63, 3.8) is 0 Å². The van der Waals surface area contributed by atoms with Gasteiger partial charge in [0.15, 0.2) is 11.6 Å². The molecule has 0 atom stereocenters. The average molecular weight is 408 g/mol. The maximum atomic E-state index is 13.9. The number of fused-ring (bicyclic) bond motifs is 1. The van der Waals surface area contributed by atoms with E-state index >= 15 is 0 Å². The molecule has 0 aromatic heterocycles. The number of nitrogens with one attached hydrogen (secondary N) is 1. The molecule has 1 aliphatic heterocycles. The second-order valence-corrected chi connectivity index (χ2v) is 8.80. The van der Waals surface area contributed by atoms with Crippen molar-refractivity contribution in [1.29, 1.82) is 0 Å². The Kier molecular flexibility index (Phi) is 4.97. The fraction of sp³-hybridized carbons (Fsp3) is 0.316. The van der Waals surface area contributed by atoms with Crippen LogP contribution in [0.25, 0.3) is 0 Å². The van der Waals surface area contributed by atoms with Gasteiger partial charge >= 0.3 is 0 Å². The average Bonchev–Trinajstić information content (AvgIpc) is 2.72. The molecule has 1 amide bonds. The summed E-state index contributed by atoms with van der Waals surface area (Å²) in [5, 5.41) is 0. The molecular weight excluding hydrogens is 387 g/mol. The lowest BCUT2D eigenvalue weighted by Crippen LogP contribution is -2.39. The number of hydrogen-bond donors (Lipinski definition) is 1. The summed E-state index contributed by atoms with van der Waals surface area (Å²) in [7, 11) is -1.14. The van der Waals surface area contributed by atoms with Gasteiger partial charge in [0.05, 0.1) is 28.8 Å². The number of rotatable bonds is 4. The van der Waals surface area contributed by atoms with Crippen LogP contribution in [0, 0.1) is 11.2 Å². The molecule has 0 fully saturated rings. The number of benzene rings is 2. The number of amides is 1. The quantitative estimate of drug-likeness (QED) is 0.841. The van der Waals surface area contributed by atoms with Gasteiger partial charge in [0, 0.05) is 7.05 Å². The Labute approximate surface area is 163 Å². The Morgan fingerprint density at radius 1 is 1.21 bits per heavy atom. The Morgan fingerprint density at radius 2 is 1.93 bits per heavy atom. The standard InChI is InChI=1S/C19H21FN2O5S/c1-19(2)11-27-17-7-5-12(9-15(17)22(3)18(19)23)21-28(24,25)13-6-8-16(26-4)14(20)10-13/h5-10,21H,11H2,1-4H3. The molecule has 0 spiro atoms. The third-order valence-electron chi connectivity index (χ3n) is 4.48. The van der Waals surface area contributed by atoms with Crippen LogP contribution in [0.4, 0.5) is 15.8 Å². The van der Waals surface area contributed by atoms with E-state index in [1.54, 1.807) is 27.0 Å².